The van der Waals surface area contributed by atoms with Gasteiger partial charge in [-0.3, -0.25) is 4.55 Å². The molecule has 0 aromatic heterocycles. The molecule has 0 heterocycles. The van der Waals surface area contributed by atoms with Crippen LogP contribution < -0.4 is 0 Å². The first-order chi connectivity index (χ1) is 9.37. The fourth-order valence-corrected chi connectivity index (χ4v) is 1.15. The maximum absolute atomic E-state index is 13.2. The van der Waals surface area contributed by atoms with Crippen molar-refractivity contribution in [1.29, 1.82) is 0 Å². The molecule has 0 aliphatic rings. The molecule has 0 bridgehead atoms. The Bertz CT molecular complexity index is 318. The molecule has 4 nitrogen and oxygen atoms in total. The standard InChI is InChI=1S/C9H17F3O.CH2F2.FHO3S/c1-4-5-9(11,12)7(2)8(3)13-6-10;2-1-3;1-5(2,3)4/h7-8H,4-6H2,1-3H3;1H2;(H,2,3,4). The molecule has 0 aliphatic carbocycles. The second-order valence-electron chi connectivity index (χ2n) is 3.79. The van der Waals surface area contributed by atoms with Crippen LogP contribution in [0.15, 0.2) is 0 Å². The monoisotopic (exact) mass is 350 g/mol. The van der Waals surface area contributed by atoms with Gasteiger partial charge in [0.15, 0.2) is 6.86 Å². The minimum atomic E-state index is -5.17. The fraction of sp³-hybridized carbons (Fsp3) is 1.00. The number of rotatable bonds is 6. The first kappa shape index (κ1) is 25.4. The van der Waals surface area contributed by atoms with E-state index < -0.39 is 42.2 Å². The normalized spacial score (nSPS) is 14.2. The number of hydrogen-bond donors (Lipinski definition) is 1. The lowest BCUT2D eigenvalue weighted by Gasteiger charge is -2.27. The lowest BCUT2D eigenvalue weighted by Crippen LogP contribution is -2.35. The smallest absolute Gasteiger partial charge is 0.347 e. The van der Waals surface area contributed by atoms with E-state index in [4.69, 9.17) is 13.0 Å². The third kappa shape index (κ3) is 21.9. The zero-order valence-corrected chi connectivity index (χ0v) is 12.6. The van der Waals surface area contributed by atoms with Gasteiger partial charge in [0.1, 0.15) is 0 Å². The lowest BCUT2D eigenvalue weighted by molar-refractivity contribution is -0.126. The highest BCUT2D eigenvalue weighted by molar-refractivity contribution is 7.80. The number of hydrogen-bond acceptors (Lipinski definition) is 3. The molecule has 0 amide bonds. The van der Waals surface area contributed by atoms with Crippen LogP contribution in [0.2, 0.25) is 0 Å². The highest BCUT2D eigenvalue weighted by Gasteiger charge is 2.38. The number of alkyl halides is 5. The molecule has 0 spiro atoms. The Morgan fingerprint density at radius 1 is 1.19 bits per heavy atom. The maximum Gasteiger partial charge on any atom is 0.435 e. The average molecular weight is 350 g/mol. The van der Waals surface area contributed by atoms with Crippen molar-refractivity contribution < 1.29 is 43.5 Å². The summed E-state index contributed by atoms with van der Waals surface area (Å²) in [5.74, 6) is -3.70. The summed E-state index contributed by atoms with van der Waals surface area (Å²) < 4.78 is 95.9. The maximum atomic E-state index is 13.2. The Morgan fingerprint density at radius 2 is 1.52 bits per heavy atom. The average Bonchev–Trinajstić information content (AvgIpc) is 2.27. The molecule has 0 radical (unpaired) electrons. The van der Waals surface area contributed by atoms with E-state index in [1.54, 1.807) is 6.92 Å². The molecule has 1 N–H and O–H groups in total. The van der Waals surface area contributed by atoms with E-state index in [1.165, 1.54) is 13.8 Å². The molecular weight excluding hydrogens is 330 g/mol. The van der Waals surface area contributed by atoms with Gasteiger partial charge in [0.05, 0.1) is 6.10 Å². The molecule has 0 aromatic carbocycles. The molecular formula is C10H20F6O4S. The van der Waals surface area contributed by atoms with Crippen molar-refractivity contribution in [3.63, 3.8) is 0 Å². The molecule has 132 valence electrons. The van der Waals surface area contributed by atoms with E-state index >= 15 is 0 Å². The molecule has 0 saturated heterocycles. The second kappa shape index (κ2) is 13.1. The Morgan fingerprint density at radius 3 is 1.76 bits per heavy atom. The van der Waals surface area contributed by atoms with Crippen LogP contribution in [0, 0.1) is 5.92 Å². The summed E-state index contributed by atoms with van der Waals surface area (Å²) in [7, 11) is -5.17. The highest BCUT2D eigenvalue weighted by atomic mass is 32.3. The van der Waals surface area contributed by atoms with Crippen LogP contribution in [0.25, 0.3) is 0 Å². The molecule has 0 rings (SSSR count). The summed E-state index contributed by atoms with van der Waals surface area (Å²) in [6, 6.07) is 0. The SMILES string of the molecule is CCCC(F)(F)C(C)C(C)OCF.FCF.O=S(=O)(O)F. The van der Waals surface area contributed by atoms with Crippen LogP contribution in [0.4, 0.5) is 25.8 Å². The minimum Gasteiger partial charge on any atom is -0.347 e. The van der Waals surface area contributed by atoms with Gasteiger partial charge in [0.2, 0.25) is 6.93 Å². The molecule has 0 saturated carbocycles. The first-order valence-corrected chi connectivity index (χ1v) is 7.05. The van der Waals surface area contributed by atoms with E-state index in [-0.39, 0.29) is 6.42 Å². The van der Waals surface area contributed by atoms with E-state index in [0.717, 1.165) is 0 Å². The van der Waals surface area contributed by atoms with Crippen LogP contribution in [0.3, 0.4) is 0 Å². The first-order valence-electron chi connectivity index (χ1n) is 5.71. The number of halogens is 6. The van der Waals surface area contributed by atoms with Gasteiger partial charge in [0, 0.05) is 12.3 Å². The van der Waals surface area contributed by atoms with Crippen LogP contribution in [-0.2, 0) is 15.2 Å². The highest BCUT2D eigenvalue weighted by Crippen LogP contribution is 2.32. The van der Waals surface area contributed by atoms with Gasteiger partial charge >= 0.3 is 10.5 Å². The molecule has 0 fully saturated rings. The zero-order valence-electron chi connectivity index (χ0n) is 11.8. The summed E-state index contributed by atoms with van der Waals surface area (Å²) in [5.41, 5.74) is 0. The Hall–Kier alpha value is -0.550. The van der Waals surface area contributed by atoms with Gasteiger partial charge in [-0.05, 0) is 6.92 Å². The Kier molecular flexibility index (Phi) is 15.9. The van der Waals surface area contributed by atoms with Crippen LogP contribution in [0.1, 0.15) is 33.6 Å². The van der Waals surface area contributed by atoms with Crippen LogP contribution in [-0.4, -0.2) is 38.8 Å². The Balaban J connectivity index is -0.000000335. The van der Waals surface area contributed by atoms with Crippen molar-refractivity contribution >= 4 is 10.5 Å². The minimum absolute atomic E-state index is 0.172. The van der Waals surface area contributed by atoms with Gasteiger partial charge in [-0.2, -0.15) is 8.42 Å². The molecule has 0 aromatic rings. The molecule has 21 heavy (non-hydrogen) atoms. The lowest BCUT2D eigenvalue weighted by atomic mass is 9.95. The number of ether oxygens (including phenoxy) is 1. The summed E-state index contributed by atoms with van der Waals surface area (Å²) in [5, 5.41) is 0. The quantitative estimate of drug-likeness (QED) is 0.446. The summed E-state index contributed by atoms with van der Waals surface area (Å²) >= 11 is 0. The Labute approximate surface area is 120 Å². The van der Waals surface area contributed by atoms with Gasteiger partial charge in [0.25, 0.3) is 5.92 Å². The predicted octanol–water partition coefficient (Wildman–Crippen LogP) is 4.03. The molecule has 0 aliphatic heterocycles. The van der Waals surface area contributed by atoms with Crippen LogP contribution >= 0.6 is 0 Å². The zero-order chi connectivity index (χ0) is 17.7. The summed E-state index contributed by atoms with van der Waals surface area (Å²) in [4.78, 5) is 0. The second-order valence-corrected chi connectivity index (χ2v) is 4.62. The van der Waals surface area contributed by atoms with Gasteiger partial charge in [-0.1, -0.05) is 24.2 Å². The van der Waals surface area contributed by atoms with Crippen molar-refractivity contribution in [2.24, 2.45) is 5.92 Å². The van der Waals surface area contributed by atoms with Crippen molar-refractivity contribution in [2.75, 3.05) is 13.8 Å². The molecule has 2 unspecified atom stereocenters. The van der Waals surface area contributed by atoms with Gasteiger partial charge < -0.3 is 4.74 Å². The van der Waals surface area contributed by atoms with E-state index in [2.05, 4.69) is 4.74 Å². The molecule has 11 heteroatoms. The van der Waals surface area contributed by atoms with Crippen LogP contribution in [0.5, 0.6) is 0 Å². The summed E-state index contributed by atoms with van der Waals surface area (Å²) in [6.07, 6.45) is -0.500. The predicted molar refractivity (Wildman–Crippen MR) is 65.3 cm³/mol. The van der Waals surface area contributed by atoms with Crippen molar-refractivity contribution in [1.82, 2.24) is 0 Å². The third-order valence-electron chi connectivity index (χ3n) is 2.28. The topological polar surface area (TPSA) is 63.6 Å². The largest absolute Gasteiger partial charge is 0.435 e. The van der Waals surface area contributed by atoms with Crippen molar-refractivity contribution in [3.8, 4) is 0 Å². The van der Waals surface area contributed by atoms with Gasteiger partial charge in [-0.15, -0.1) is 0 Å². The van der Waals surface area contributed by atoms with E-state index in [9.17, 15) is 25.8 Å². The van der Waals surface area contributed by atoms with E-state index in [0.29, 0.717) is 6.42 Å². The van der Waals surface area contributed by atoms with Crippen molar-refractivity contribution in [2.45, 2.75) is 45.6 Å². The summed E-state index contributed by atoms with van der Waals surface area (Å²) in [6.45, 7) is 1.79. The van der Waals surface area contributed by atoms with Crippen molar-refractivity contribution in [3.05, 3.63) is 0 Å². The molecule has 2 atom stereocenters. The van der Waals surface area contributed by atoms with Gasteiger partial charge in [-0.25, -0.2) is 22.0 Å². The fourth-order valence-electron chi connectivity index (χ4n) is 1.15. The third-order valence-corrected chi connectivity index (χ3v) is 2.28. The van der Waals surface area contributed by atoms with E-state index in [1.807, 2.05) is 0 Å².